The largest absolute Gasteiger partial charge is 0.463 e. The average molecular weight is 326 g/mol. The van der Waals surface area contributed by atoms with Gasteiger partial charge < -0.3 is 20.0 Å². The third-order valence-electron chi connectivity index (χ3n) is 5.38. The quantitative estimate of drug-likeness (QED) is 0.806. The number of rotatable bonds is 4. The number of urea groups is 1. The first-order valence-corrected chi connectivity index (χ1v) is 8.78. The number of benzene rings is 1. The van der Waals surface area contributed by atoms with Gasteiger partial charge in [0.15, 0.2) is 5.76 Å². The van der Waals surface area contributed by atoms with Gasteiger partial charge in [-0.2, -0.15) is 0 Å². The van der Waals surface area contributed by atoms with E-state index in [0.717, 1.165) is 30.8 Å². The minimum atomic E-state index is -0.0971. The van der Waals surface area contributed by atoms with Crippen molar-refractivity contribution in [2.24, 2.45) is 0 Å². The van der Waals surface area contributed by atoms with E-state index in [9.17, 15) is 4.79 Å². The number of quaternary nitrogens is 1. The summed E-state index contributed by atoms with van der Waals surface area (Å²) in [6, 6.07) is 15.0. The zero-order chi connectivity index (χ0) is 16.4. The number of para-hydroxylation sites is 1. The second-order valence-electron chi connectivity index (χ2n) is 6.94. The van der Waals surface area contributed by atoms with E-state index in [2.05, 4.69) is 16.7 Å². The summed E-state index contributed by atoms with van der Waals surface area (Å²) in [5, 5.41) is 6.08. The number of fused-ring (bicyclic) bond motifs is 2. The zero-order valence-electron chi connectivity index (χ0n) is 13.7. The summed E-state index contributed by atoms with van der Waals surface area (Å²) in [5.41, 5.74) is 0.832. The molecule has 5 heteroatoms. The van der Waals surface area contributed by atoms with Crippen molar-refractivity contribution in [1.82, 2.24) is 5.32 Å². The van der Waals surface area contributed by atoms with Gasteiger partial charge in [0.2, 0.25) is 0 Å². The lowest BCUT2D eigenvalue weighted by molar-refractivity contribution is -0.955. The standard InChI is InChI=1S/C19H23N3O2/c23-19(20-14-5-2-1-3-6-14)21-15-11-16-8-9-17(12-15)22(16)13-18-7-4-10-24-18/h1-7,10,15-17H,8-9,11-13H2,(H2,20,21,23)/p+1/t16-,17-/m1/s1. The molecule has 5 nitrogen and oxygen atoms in total. The first-order valence-electron chi connectivity index (χ1n) is 8.78. The van der Waals surface area contributed by atoms with E-state index in [1.807, 2.05) is 36.4 Å². The molecule has 0 radical (unpaired) electrons. The molecule has 0 saturated carbocycles. The van der Waals surface area contributed by atoms with Crippen molar-refractivity contribution < 1.29 is 14.1 Å². The number of piperidine rings is 1. The Kier molecular flexibility index (Phi) is 4.26. The highest BCUT2D eigenvalue weighted by Gasteiger charge is 2.45. The second-order valence-corrected chi connectivity index (χ2v) is 6.94. The molecule has 2 aliphatic heterocycles. The van der Waals surface area contributed by atoms with E-state index >= 15 is 0 Å². The van der Waals surface area contributed by atoms with E-state index in [0.29, 0.717) is 12.1 Å². The molecule has 3 N–H and O–H groups in total. The maximum absolute atomic E-state index is 12.2. The summed E-state index contributed by atoms with van der Waals surface area (Å²) in [6.45, 7) is 0.964. The predicted octanol–water partition coefficient (Wildman–Crippen LogP) is 2.18. The predicted molar refractivity (Wildman–Crippen MR) is 91.8 cm³/mol. The number of nitrogens with one attached hydrogen (secondary N) is 3. The topological polar surface area (TPSA) is 58.7 Å². The van der Waals surface area contributed by atoms with Crippen LogP contribution in [0, 0.1) is 0 Å². The Balaban J connectivity index is 1.32. The lowest BCUT2D eigenvalue weighted by Crippen LogP contribution is -3.17. The van der Waals surface area contributed by atoms with E-state index in [-0.39, 0.29) is 12.1 Å². The van der Waals surface area contributed by atoms with Gasteiger partial charge in [0.25, 0.3) is 0 Å². The number of carbonyl (C=O) groups excluding carboxylic acids is 1. The fourth-order valence-electron chi connectivity index (χ4n) is 4.32. The average Bonchev–Trinajstić information content (AvgIpc) is 3.16. The SMILES string of the molecule is O=C(Nc1ccccc1)NC1C[C@H]2CC[C@H](C1)[NH+]2Cc1ccco1. The third-order valence-corrected chi connectivity index (χ3v) is 5.38. The van der Waals surface area contributed by atoms with Gasteiger partial charge in [-0.25, -0.2) is 4.79 Å². The molecular formula is C19H24N3O2+. The minimum Gasteiger partial charge on any atom is -0.463 e. The van der Waals surface area contributed by atoms with Crippen molar-refractivity contribution in [3.63, 3.8) is 0 Å². The van der Waals surface area contributed by atoms with Gasteiger partial charge in [-0.15, -0.1) is 0 Å². The van der Waals surface area contributed by atoms with Crippen LogP contribution < -0.4 is 15.5 Å². The maximum Gasteiger partial charge on any atom is 0.319 e. The van der Waals surface area contributed by atoms with Crippen molar-refractivity contribution in [2.75, 3.05) is 5.32 Å². The summed E-state index contributed by atoms with van der Waals surface area (Å²) < 4.78 is 5.52. The summed E-state index contributed by atoms with van der Waals surface area (Å²) >= 11 is 0. The molecule has 2 amide bonds. The van der Waals surface area contributed by atoms with Crippen LogP contribution in [0.4, 0.5) is 10.5 Å². The highest BCUT2D eigenvalue weighted by atomic mass is 16.3. The number of furan rings is 1. The van der Waals surface area contributed by atoms with Gasteiger partial charge >= 0.3 is 6.03 Å². The van der Waals surface area contributed by atoms with E-state index in [4.69, 9.17) is 4.42 Å². The summed E-state index contributed by atoms with van der Waals surface area (Å²) in [4.78, 5) is 13.8. The van der Waals surface area contributed by atoms with Crippen LogP contribution in [0.5, 0.6) is 0 Å². The molecule has 24 heavy (non-hydrogen) atoms. The molecule has 2 saturated heterocycles. The molecule has 2 fully saturated rings. The maximum atomic E-state index is 12.2. The van der Waals surface area contributed by atoms with Crippen molar-refractivity contribution >= 4 is 11.7 Å². The molecule has 2 bridgehead atoms. The Morgan fingerprint density at radius 1 is 1.08 bits per heavy atom. The third kappa shape index (κ3) is 3.31. The number of carbonyl (C=O) groups is 1. The number of hydrogen-bond acceptors (Lipinski definition) is 2. The van der Waals surface area contributed by atoms with E-state index in [1.54, 1.807) is 11.2 Å². The van der Waals surface area contributed by atoms with Gasteiger partial charge in [-0.05, 0) is 24.3 Å². The lowest BCUT2D eigenvalue weighted by Gasteiger charge is -2.35. The molecule has 3 heterocycles. The van der Waals surface area contributed by atoms with Crippen molar-refractivity contribution in [3.05, 3.63) is 54.5 Å². The minimum absolute atomic E-state index is 0.0971. The van der Waals surface area contributed by atoms with Gasteiger partial charge in [0, 0.05) is 37.4 Å². The van der Waals surface area contributed by atoms with Gasteiger partial charge in [0.1, 0.15) is 6.54 Å². The Labute approximate surface area is 142 Å². The molecule has 2 atom stereocenters. The first-order chi connectivity index (χ1) is 11.8. The van der Waals surface area contributed by atoms with E-state index < -0.39 is 0 Å². The number of hydrogen-bond donors (Lipinski definition) is 3. The van der Waals surface area contributed by atoms with Crippen LogP contribution in [-0.2, 0) is 6.54 Å². The van der Waals surface area contributed by atoms with Crippen LogP contribution in [0.1, 0.15) is 31.4 Å². The Morgan fingerprint density at radius 3 is 2.50 bits per heavy atom. The second kappa shape index (κ2) is 6.69. The highest BCUT2D eigenvalue weighted by molar-refractivity contribution is 5.89. The molecule has 1 aromatic heterocycles. The molecule has 0 unspecified atom stereocenters. The van der Waals surface area contributed by atoms with E-state index in [1.165, 1.54) is 12.8 Å². The first kappa shape index (κ1) is 15.3. The highest BCUT2D eigenvalue weighted by Crippen LogP contribution is 2.23. The molecule has 4 rings (SSSR count). The Bertz CT molecular complexity index is 657. The molecular weight excluding hydrogens is 302 g/mol. The fraction of sp³-hybridized carbons (Fsp3) is 0.421. The zero-order valence-corrected chi connectivity index (χ0v) is 13.7. The van der Waals surface area contributed by atoms with Crippen LogP contribution in [0.25, 0.3) is 0 Å². The smallest absolute Gasteiger partial charge is 0.319 e. The number of amides is 2. The van der Waals surface area contributed by atoms with Gasteiger partial charge in [-0.1, -0.05) is 18.2 Å². The molecule has 2 aliphatic rings. The van der Waals surface area contributed by atoms with Crippen molar-refractivity contribution in [1.29, 1.82) is 0 Å². The summed E-state index contributed by atoms with van der Waals surface area (Å²) in [6.07, 6.45) is 6.35. The normalized spacial score (nSPS) is 28.5. The summed E-state index contributed by atoms with van der Waals surface area (Å²) in [5.74, 6) is 1.06. The van der Waals surface area contributed by atoms with Crippen molar-refractivity contribution in [3.8, 4) is 0 Å². The lowest BCUT2D eigenvalue weighted by atomic mass is 9.97. The fourth-order valence-corrected chi connectivity index (χ4v) is 4.32. The van der Waals surface area contributed by atoms with Crippen LogP contribution in [0.15, 0.2) is 53.1 Å². The molecule has 0 aliphatic carbocycles. The van der Waals surface area contributed by atoms with Crippen molar-refractivity contribution in [2.45, 2.75) is 50.4 Å². The Morgan fingerprint density at radius 2 is 1.83 bits per heavy atom. The number of anilines is 1. The van der Waals surface area contributed by atoms with Crippen LogP contribution >= 0.6 is 0 Å². The monoisotopic (exact) mass is 326 g/mol. The van der Waals surface area contributed by atoms with Crippen LogP contribution in [-0.4, -0.2) is 24.2 Å². The molecule has 126 valence electrons. The van der Waals surface area contributed by atoms with Gasteiger partial charge in [0.05, 0.1) is 18.3 Å². The van der Waals surface area contributed by atoms with Crippen LogP contribution in [0.3, 0.4) is 0 Å². The summed E-state index contributed by atoms with van der Waals surface area (Å²) in [7, 11) is 0. The molecule has 2 aromatic rings. The molecule has 1 aromatic carbocycles. The van der Waals surface area contributed by atoms with Gasteiger partial charge in [-0.3, -0.25) is 0 Å². The molecule has 0 spiro atoms. The Hall–Kier alpha value is -2.27. The van der Waals surface area contributed by atoms with Crippen LogP contribution in [0.2, 0.25) is 0 Å².